The van der Waals surface area contributed by atoms with Gasteiger partial charge in [0.25, 0.3) is 0 Å². The lowest BCUT2D eigenvalue weighted by Crippen LogP contribution is -2.44. The molecule has 4 nitrogen and oxygen atoms in total. The highest BCUT2D eigenvalue weighted by molar-refractivity contribution is 5.88. The van der Waals surface area contributed by atoms with Crippen molar-refractivity contribution in [2.45, 2.75) is 50.7 Å². The van der Waals surface area contributed by atoms with Crippen LogP contribution in [0, 0.1) is 0 Å². The van der Waals surface area contributed by atoms with Gasteiger partial charge < -0.3 is 16.2 Å². The number of benzene rings is 1. The third kappa shape index (κ3) is 3.38. The van der Waals surface area contributed by atoms with Crippen LogP contribution in [0.15, 0.2) is 24.3 Å². The van der Waals surface area contributed by atoms with Gasteiger partial charge in [0.2, 0.25) is 5.91 Å². The molecule has 0 bridgehead atoms. The number of nitrogens with one attached hydrogen (secondary N) is 1. The van der Waals surface area contributed by atoms with Crippen molar-refractivity contribution in [2.24, 2.45) is 5.73 Å². The number of rotatable bonds is 4. The molecule has 0 aromatic heterocycles. The molecule has 1 aliphatic carbocycles. The molecule has 1 atom stereocenters. The van der Waals surface area contributed by atoms with Gasteiger partial charge in [-0.15, -0.1) is 0 Å². The summed E-state index contributed by atoms with van der Waals surface area (Å²) in [6.45, 7) is 6.64. The van der Waals surface area contributed by atoms with E-state index in [4.69, 9.17) is 5.73 Å². The van der Waals surface area contributed by atoms with Crippen LogP contribution in [0.5, 0.6) is 0 Å². The standard InChI is InChI=1S/C16H24N2O2/c1-15(2,3)12-6-4-11(5-7-12)13(19)10-18-14(20)16(17)8-9-16/h4-7,13,19H,8-10,17H2,1-3H3,(H,18,20). The Kier molecular flexibility index (Phi) is 3.89. The Morgan fingerprint density at radius 2 is 1.90 bits per heavy atom. The van der Waals surface area contributed by atoms with Gasteiger partial charge in [0.15, 0.2) is 0 Å². The number of aliphatic hydroxyl groups excluding tert-OH is 1. The summed E-state index contributed by atoms with van der Waals surface area (Å²) in [6.07, 6.45) is 0.764. The normalized spacial score (nSPS) is 18.4. The molecule has 0 aliphatic heterocycles. The van der Waals surface area contributed by atoms with E-state index < -0.39 is 11.6 Å². The van der Waals surface area contributed by atoms with Crippen LogP contribution in [0.3, 0.4) is 0 Å². The highest BCUT2D eigenvalue weighted by Gasteiger charge is 2.45. The van der Waals surface area contributed by atoms with Gasteiger partial charge in [0.1, 0.15) is 0 Å². The molecule has 1 unspecified atom stereocenters. The first-order chi connectivity index (χ1) is 9.22. The minimum Gasteiger partial charge on any atom is -0.387 e. The summed E-state index contributed by atoms with van der Waals surface area (Å²) in [5.41, 5.74) is 7.22. The molecule has 0 saturated heterocycles. The Morgan fingerprint density at radius 3 is 2.35 bits per heavy atom. The van der Waals surface area contributed by atoms with Crippen molar-refractivity contribution in [1.82, 2.24) is 5.32 Å². The molecular formula is C16H24N2O2. The lowest BCUT2D eigenvalue weighted by Gasteiger charge is -2.20. The number of nitrogens with two attached hydrogens (primary N) is 1. The van der Waals surface area contributed by atoms with Gasteiger partial charge in [-0.2, -0.15) is 0 Å². The second kappa shape index (κ2) is 5.19. The molecule has 0 spiro atoms. The van der Waals surface area contributed by atoms with E-state index in [1.165, 1.54) is 5.56 Å². The quantitative estimate of drug-likeness (QED) is 0.782. The van der Waals surface area contributed by atoms with Gasteiger partial charge in [-0.3, -0.25) is 4.79 Å². The molecule has 20 heavy (non-hydrogen) atoms. The highest BCUT2D eigenvalue weighted by Crippen LogP contribution is 2.32. The average molecular weight is 276 g/mol. The van der Waals surface area contributed by atoms with Crippen molar-refractivity contribution in [1.29, 1.82) is 0 Å². The summed E-state index contributed by atoms with van der Waals surface area (Å²) in [7, 11) is 0. The van der Waals surface area contributed by atoms with Crippen molar-refractivity contribution < 1.29 is 9.90 Å². The van der Waals surface area contributed by atoms with E-state index in [0.717, 1.165) is 18.4 Å². The number of aliphatic hydroxyl groups is 1. The first-order valence-corrected chi connectivity index (χ1v) is 7.08. The summed E-state index contributed by atoms with van der Waals surface area (Å²) < 4.78 is 0. The van der Waals surface area contributed by atoms with Crippen LogP contribution >= 0.6 is 0 Å². The van der Waals surface area contributed by atoms with E-state index in [1.54, 1.807) is 0 Å². The van der Waals surface area contributed by atoms with E-state index >= 15 is 0 Å². The molecule has 1 fully saturated rings. The molecule has 4 N–H and O–H groups in total. The maximum Gasteiger partial charge on any atom is 0.240 e. The molecule has 0 radical (unpaired) electrons. The van der Waals surface area contributed by atoms with E-state index in [1.807, 2.05) is 24.3 Å². The molecule has 1 aliphatic rings. The fourth-order valence-corrected chi connectivity index (χ4v) is 2.05. The highest BCUT2D eigenvalue weighted by atomic mass is 16.3. The average Bonchev–Trinajstić information content (AvgIpc) is 3.14. The van der Waals surface area contributed by atoms with Crippen molar-refractivity contribution in [3.05, 3.63) is 35.4 Å². The fourth-order valence-electron chi connectivity index (χ4n) is 2.05. The van der Waals surface area contributed by atoms with Crippen LogP contribution in [0.4, 0.5) is 0 Å². The summed E-state index contributed by atoms with van der Waals surface area (Å²) in [5, 5.41) is 12.8. The summed E-state index contributed by atoms with van der Waals surface area (Å²) in [4.78, 5) is 11.7. The predicted octanol–water partition coefficient (Wildman–Crippen LogP) is 1.62. The third-order valence-corrected chi connectivity index (χ3v) is 3.86. The molecule has 1 aromatic rings. The lowest BCUT2D eigenvalue weighted by atomic mass is 9.86. The van der Waals surface area contributed by atoms with E-state index in [9.17, 15) is 9.90 Å². The summed E-state index contributed by atoms with van der Waals surface area (Å²) in [5.74, 6) is -0.164. The number of carbonyl (C=O) groups is 1. The SMILES string of the molecule is CC(C)(C)c1ccc(C(O)CNC(=O)C2(N)CC2)cc1. The zero-order valence-corrected chi connectivity index (χ0v) is 12.4. The number of carbonyl (C=O) groups excluding carboxylic acids is 1. The zero-order chi connectivity index (χ0) is 15.0. The Labute approximate surface area is 120 Å². The molecule has 110 valence electrons. The minimum atomic E-state index is -0.699. The second-order valence-corrected chi connectivity index (χ2v) is 6.75. The molecule has 1 saturated carbocycles. The maximum atomic E-state index is 11.7. The number of hydrogen-bond donors (Lipinski definition) is 3. The van der Waals surface area contributed by atoms with Gasteiger partial charge in [0, 0.05) is 6.54 Å². The maximum absolute atomic E-state index is 11.7. The van der Waals surface area contributed by atoms with Crippen LogP contribution in [-0.4, -0.2) is 23.1 Å². The van der Waals surface area contributed by atoms with E-state index in [-0.39, 0.29) is 17.9 Å². The van der Waals surface area contributed by atoms with Crippen molar-refractivity contribution >= 4 is 5.91 Å². The van der Waals surface area contributed by atoms with Gasteiger partial charge in [-0.1, -0.05) is 45.0 Å². The van der Waals surface area contributed by atoms with Gasteiger partial charge in [-0.25, -0.2) is 0 Å². The topological polar surface area (TPSA) is 75.3 Å². The minimum absolute atomic E-state index is 0.0929. The van der Waals surface area contributed by atoms with Gasteiger partial charge in [0.05, 0.1) is 11.6 Å². The van der Waals surface area contributed by atoms with Gasteiger partial charge >= 0.3 is 0 Å². The number of amides is 1. The van der Waals surface area contributed by atoms with Crippen LogP contribution in [-0.2, 0) is 10.2 Å². The Balaban J connectivity index is 1.92. The molecular weight excluding hydrogens is 252 g/mol. The fraction of sp³-hybridized carbons (Fsp3) is 0.562. The molecule has 4 heteroatoms. The molecule has 1 amide bonds. The Bertz CT molecular complexity index is 484. The van der Waals surface area contributed by atoms with Crippen LogP contribution in [0.1, 0.15) is 50.8 Å². The zero-order valence-electron chi connectivity index (χ0n) is 12.4. The Morgan fingerprint density at radius 1 is 1.35 bits per heavy atom. The molecule has 1 aromatic carbocycles. The van der Waals surface area contributed by atoms with Crippen molar-refractivity contribution in [3.63, 3.8) is 0 Å². The van der Waals surface area contributed by atoms with E-state index in [2.05, 4.69) is 26.1 Å². The smallest absolute Gasteiger partial charge is 0.240 e. The van der Waals surface area contributed by atoms with Gasteiger partial charge in [-0.05, 0) is 29.4 Å². The second-order valence-electron chi connectivity index (χ2n) is 6.75. The lowest BCUT2D eigenvalue weighted by molar-refractivity contribution is -0.123. The predicted molar refractivity (Wildman–Crippen MR) is 79.3 cm³/mol. The van der Waals surface area contributed by atoms with Crippen LogP contribution in [0.2, 0.25) is 0 Å². The van der Waals surface area contributed by atoms with E-state index in [0.29, 0.717) is 0 Å². The Hall–Kier alpha value is -1.39. The molecule has 2 rings (SSSR count). The monoisotopic (exact) mass is 276 g/mol. The van der Waals surface area contributed by atoms with Crippen molar-refractivity contribution in [2.75, 3.05) is 6.54 Å². The number of hydrogen-bond acceptors (Lipinski definition) is 3. The first kappa shape index (κ1) is 15.0. The summed E-state index contributed by atoms with van der Waals surface area (Å²) >= 11 is 0. The first-order valence-electron chi connectivity index (χ1n) is 7.08. The molecule has 0 heterocycles. The third-order valence-electron chi connectivity index (χ3n) is 3.86. The largest absolute Gasteiger partial charge is 0.387 e. The van der Waals surface area contributed by atoms with Crippen LogP contribution in [0.25, 0.3) is 0 Å². The van der Waals surface area contributed by atoms with Crippen molar-refractivity contribution in [3.8, 4) is 0 Å². The summed E-state index contributed by atoms with van der Waals surface area (Å²) in [6, 6.07) is 7.86. The van der Waals surface area contributed by atoms with Crippen LogP contribution < -0.4 is 11.1 Å².